The van der Waals surface area contributed by atoms with Crippen molar-refractivity contribution < 1.29 is 13.7 Å². The SMILES string of the molecule is CN(Cc1nc(-c2ccncc2)no1)C(=O)[C@H](c1ccc(F)cc1)N(C)C. The zero-order valence-electron chi connectivity index (χ0n) is 15.3. The van der Waals surface area contributed by atoms with Crippen molar-refractivity contribution in [1.82, 2.24) is 24.9 Å². The number of carbonyl (C=O) groups is 1. The highest BCUT2D eigenvalue weighted by Crippen LogP contribution is 2.22. The van der Waals surface area contributed by atoms with E-state index in [-0.39, 0.29) is 18.3 Å². The maximum absolute atomic E-state index is 13.2. The second-order valence-electron chi connectivity index (χ2n) is 6.36. The fourth-order valence-corrected chi connectivity index (χ4v) is 2.73. The summed E-state index contributed by atoms with van der Waals surface area (Å²) in [6, 6.07) is 8.93. The smallest absolute Gasteiger partial charge is 0.246 e. The Hall–Kier alpha value is -3.13. The van der Waals surface area contributed by atoms with Crippen molar-refractivity contribution in [3.63, 3.8) is 0 Å². The molecule has 3 rings (SSSR count). The van der Waals surface area contributed by atoms with Crippen molar-refractivity contribution in [2.24, 2.45) is 0 Å². The first-order chi connectivity index (χ1) is 13.0. The van der Waals surface area contributed by atoms with Crippen LogP contribution in [0.5, 0.6) is 0 Å². The molecule has 0 unspecified atom stereocenters. The van der Waals surface area contributed by atoms with Gasteiger partial charge in [-0.15, -0.1) is 0 Å². The van der Waals surface area contributed by atoms with Gasteiger partial charge in [0.1, 0.15) is 11.9 Å². The normalized spacial score (nSPS) is 12.2. The van der Waals surface area contributed by atoms with Gasteiger partial charge < -0.3 is 9.42 Å². The molecule has 0 fully saturated rings. The number of benzene rings is 1. The minimum Gasteiger partial charge on any atom is -0.337 e. The molecule has 1 aromatic carbocycles. The molecule has 0 aliphatic heterocycles. The molecule has 2 heterocycles. The zero-order chi connectivity index (χ0) is 19.4. The maximum atomic E-state index is 13.2. The standard InChI is InChI=1S/C19H20FN5O2/c1-24(2)17(13-4-6-15(20)7-5-13)19(26)25(3)12-16-22-18(23-27-16)14-8-10-21-11-9-14/h4-11,17H,12H2,1-3H3/t17-/m0/s1. The van der Waals surface area contributed by atoms with E-state index in [9.17, 15) is 9.18 Å². The van der Waals surface area contributed by atoms with E-state index in [1.54, 1.807) is 62.7 Å². The van der Waals surface area contributed by atoms with Crippen molar-refractivity contribution in [3.05, 3.63) is 66.1 Å². The van der Waals surface area contributed by atoms with Gasteiger partial charge in [0.05, 0.1) is 6.54 Å². The lowest BCUT2D eigenvalue weighted by atomic mass is 10.0. The number of carbonyl (C=O) groups excluding carboxylic acids is 1. The molecule has 0 saturated carbocycles. The summed E-state index contributed by atoms with van der Waals surface area (Å²) in [6.07, 6.45) is 3.29. The molecule has 0 aliphatic rings. The lowest BCUT2D eigenvalue weighted by molar-refractivity contribution is -0.135. The van der Waals surface area contributed by atoms with Crippen molar-refractivity contribution in [3.8, 4) is 11.4 Å². The summed E-state index contributed by atoms with van der Waals surface area (Å²) in [7, 11) is 5.26. The monoisotopic (exact) mass is 369 g/mol. The number of amides is 1. The molecule has 1 amide bonds. The minimum atomic E-state index is -0.543. The predicted octanol–water partition coefficient (Wildman–Crippen LogP) is 2.53. The molecule has 7 nitrogen and oxygen atoms in total. The Morgan fingerprint density at radius 3 is 2.41 bits per heavy atom. The number of rotatable bonds is 6. The van der Waals surface area contributed by atoms with Gasteiger partial charge in [-0.3, -0.25) is 14.7 Å². The highest BCUT2D eigenvalue weighted by molar-refractivity contribution is 5.83. The Morgan fingerprint density at radius 2 is 1.78 bits per heavy atom. The first kappa shape index (κ1) is 18.7. The largest absolute Gasteiger partial charge is 0.337 e. The second kappa shape index (κ2) is 8.05. The summed E-state index contributed by atoms with van der Waals surface area (Å²) in [5.74, 6) is 0.270. The van der Waals surface area contributed by atoms with Crippen LogP contribution in [0, 0.1) is 5.82 Å². The molecule has 140 valence electrons. The number of hydrogen-bond donors (Lipinski definition) is 0. The van der Waals surface area contributed by atoms with Gasteiger partial charge in [0.15, 0.2) is 0 Å². The molecule has 1 atom stereocenters. The van der Waals surface area contributed by atoms with Crippen LogP contribution in [0.2, 0.25) is 0 Å². The van der Waals surface area contributed by atoms with Crippen LogP contribution >= 0.6 is 0 Å². The van der Waals surface area contributed by atoms with Crippen LogP contribution in [0.4, 0.5) is 4.39 Å². The number of aromatic nitrogens is 3. The zero-order valence-corrected chi connectivity index (χ0v) is 15.3. The van der Waals surface area contributed by atoms with Gasteiger partial charge in [0.2, 0.25) is 17.6 Å². The average Bonchev–Trinajstić information content (AvgIpc) is 3.12. The third-order valence-corrected chi connectivity index (χ3v) is 4.09. The molecule has 0 radical (unpaired) electrons. The number of pyridine rings is 1. The fraction of sp³-hybridized carbons (Fsp3) is 0.263. The average molecular weight is 369 g/mol. The lowest BCUT2D eigenvalue weighted by Crippen LogP contribution is -2.38. The number of likely N-dealkylation sites (N-methyl/N-ethyl adjacent to an activating group) is 2. The molecular weight excluding hydrogens is 349 g/mol. The first-order valence-corrected chi connectivity index (χ1v) is 8.35. The van der Waals surface area contributed by atoms with E-state index < -0.39 is 6.04 Å². The molecule has 8 heteroatoms. The summed E-state index contributed by atoms with van der Waals surface area (Å²) in [5.41, 5.74) is 1.49. The van der Waals surface area contributed by atoms with E-state index in [2.05, 4.69) is 15.1 Å². The Balaban J connectivity index is 1.74. The molecule has 3 aromatic rings. The lowest BCUT2D eigenvalue weighted by Gasteiger charge is -2.28. The van der Waals surface area contributed by atoms with Crippen molar-refractivity contribution in [1.29, 1.82) is 0 Å². The van der Waals surface area contributed by atoms with Gasteiger partial charge in [0.25, 0.3) is 0 Å². The Morgan fingerprint density at radius 1 is 1.11 bits per heavy atom. The van der Waals surface area contributed by atoms with E-state index in [1.165, 1.54) is 17.0 Å². The van der Waals surface area contributed by atoms with Crippen LogP contribution in [0.15, 0.2) is 53.3 Å². The van der Waals surface area contributed by atoms with Crippen LogP contribution in [-0.4, -0.2) is 52.0 Å². The van der Waals surface area contributed by atoms with Gasteiger partial charge >= 0.3 is 0 Å². The summed E-state index contributed by atoms with van der Waals surface area (Å²) in [5, 5.41) is 3.94. The number of halogens is 1. The molecule has 0 spiro atoms. The van der Waals surface area contributed by atoms with E-state index in [1.807, 2.05) is 0 Å². The molecule has 0 aliphatic carbocycles. The molecule has 0 saturated heterocycles. The molecule has 0 N–H and O–H groups in total. The van der Waals surface area contributed by atoms with Gasteiger partial charge in [0, 0.05) is 25.0 Å². The van der Waals surface area contributed by atoms with Gasteiger partial charge in [-0.1, -0.05) is 17.3 Å². The van der Waals surface area contributed by atoms with E-state index >= 15 is 0 Å². The fourth-order valence-electron chi connectivity index (χ4n) is 2.73. The predicted molar refractivity (Wildman–Crippen MR) is 96.8 cm³/mol. The third kappa shape index (κ3) is 4.35. The topological polar surface area (TPSA) is 75.4 Å². The van der Waals surface area contributed by atoms with Crippen LogP contribution in [0.25, 0.3) is 11.4 Å². The quantitative estimate of drug-likeness (QED) is 0.665. The van der Waals surface area contributed by atoms with Crippen molar-refractivity contribution in [2.75, 3.05) is 21.1 Å². The van der Waals surface area contributed by atoms with Gasteiger partial charge in [-0.05, 0) is 43.9 Å². The Labute approximate surface area is 156 Å². The van der Waals surface area contributed by atoms with E-state index in [0.717, 1.165) is 5.56 Å². The molecule has 27 heavy (non-hydrogen) atoms. The minimum absolute atomic E-state index is 0.157. The van der Waals surface area contributed by atoms with Crippen LogP contribution in [-0.2, 0) is 11.3 Å². The Bertz CT molecular complexity index is 896. The van der Waals surface area contributed by atoms with E-state index in [0.29, 0.717) is 17.3 Å². The summed E-state index contributed by atoms with van der Waals surface area (Å²) < 4.78 is 18.5. The van der Waals surface area contributed by atoms with Crippen LogP contribution in [0.3, 0.4) is 0 Å². The number of hydrogen-bond acceptors (Lipinski definition) is 6. The van der Waals surface area contributed by atoms with Gasteiger partial charge in [-0.25, -0.2) is 4.39 Å². The van der Waals surface area contributed by atoms with Gasteiger partial charge in [-0.2, -0.15) is 4.98 Å². The van der Waals surface area contributed by atoms with Crippen molar-refractivity contribution >= 4 is 5.91 Å². The van der Waals surface area contributed by atoms with Crippen LogP contribution in [0.1, 0.15) is 17.5 Å². The summed E-state index contributed by atoms with van der Waals surface area (Å²) >= 11 is 0. The summed E-state index contributed by atoms with van der Waals surface area (Å²) in [4.78, 5) is 24.5. The second-order valence-corrected chi connectivity index (χ2v) is 6.36. The maximum Gasteiger partial charge on any atom is 0.246 e. The highest BCUT2D eigenvalue weighted by atomic mass is 19.1. The van der Waals surface area contributed by atoms with Crippen LogP contribution < -0.4 is 0 Å². The summed E-state index contributed by atoms with van der Waals surface area (Å²) in [6.45, 7) is 0.169. The molecule has 0 bridgehead atoms. The molecular formula is C19H20FN5O2. The Kier molecular flexibility index (Phi) is 5.56. The highest BCUT2D eigenvalue weighted by Gasteiger charge is 2.27. The van der Waals surface area contributed by atoms with Crippen molar-refractivity contribution in [2.45, 2.75) is 12.6 Å². The number of nitrogens with zero attached hydrogens (tertiary/aromatic N) is 5. The van der Waals surface area contributed by atoms with E-state index in [4.69, 9.17) is 4.52 Å². The molecule has 2 aromatic heterocycles. The first-order valence-electron chi connectivity index (χ1n) is 8.35. The third-order valence-electron chi connectivity index (χ3n) is 4.09.